The number of anilines is 1. The van der Waals surface area contributed by atoms with Crippen LogP contribution in [0.25, 0.3) is 0 Å². The minimum Gasteiger partial charge on any atom is -0.477 e. The lowest BCUT2D eigenvalue weighted by atomic mass is 9.87. The van der Waals surface area contributed by atoms with Crippen molar-refractivity contribution in [2.24, 2.45) is 0 Å². The van der Waals surface area contributed by atoms with Gasteiger partial charge in [-0.05, 0) is 13.0 Å². The topological polar surface area (TPSA) is 312 Å². The van der Waals surface area contributed by atoms with Crippen LogP contribution >= 0.6 is 7.82 Å². The summed E-state index contributed by atoms with van der Waals surface area (Å²) >= 11 is 0. The monoisotopic (exact) mass is 639 g/mol. The summed E-state index contributed by atoms with van der Waals surface area (Å²) < 4.78 is 34.4. The lowest BCUT2D eigenvalue weighted by Crippen LogP contribution is -2.69. The van der Waals surface area contributed by atoms with Crippen molar-refractivity contribution < 1.29 is 67.9 Å². The Morgan fingerprint density at radius 3 is 2.44 bits per heavy atom. The zero-order valence-corrected chi connectivity index (χ0v) is 23.9. The third kappa shape index (κ3) is 7.92. The van der Waals surface area contributed by atoms with Crippen LogP contribution in [0.1, 0.15) is 33.4 Å². The second-order valence-corrected chi connectivity index (χ2v) is 11.4. The van der Waals surface area contributed by atoms with E-state index >= 15 is 0 Å². The molecule has 0 spiro atoms. The summed E-state index contributed by atoms with van der Waals surface area (Å²) in [6.45, 7) is 2.35. The Balaban J connectivity index is 1.83. The van der Waals surface area contributed by atoms with E-state index in [9.17, 15) is 54.2 Å². The molecule has 0 aromatic carbocycles. The van der Waals surface area contributed by atoms with Gasteiger partial charge in [-0.25, -0.2) is 18.7 Å². The maximum atomic E-state index is 13.0. The number of amides is 2. The third-order valence-corrected chi connectivity index (χ3v) is 7.64. The van der Waals surface area contributed by atoms with E-state index in [0.717, 1.165) is 24.6 Å². The van der Waals surface area contributed by atoms with E-state index in [-0.39, 0.29) is 5.82 Å². The highest BCUT2D eigenvalue weighted by Crippen LogP contribution is 2.51. The SMILES string of the molecule is CC(=O)N[C@@H]1[C@H]([C@H](NC(C)=O)C(C)O)O[C@](OP(=O)(O)OC[C@H]2O[C@@H](n3ccc(N)nc3=O)[C@H](O)[C@@H]2O)(C(=O)O)C[C@@H]1O. The summed E-state index contributed by atoms with van der Waals surface area (Å²) in [4.78, 5) is 62.0. The van der Waals surface area contributed by atoms with Crippen LogP contribution in [0, 0.1) is 0 Å². The molecular formula is C22H34N5O15P. The molecule has 2 amide bonds. The molecule has 20 nitrogen and oxygen atoms in total. The summed E-state index contributed by atoms with van der Waals surface area (Å²) in [5, 5.41) is 56.5. The van der Waals surface area contributed by atoms with Crippen LogP contribution in [0.5, 0.6) is 0 Å². The molecule has 242 valence electrons. The van der Waals surface area contributed by atoms with Gasteiger partial charge in [0.05, 0.1) is 30.9 Å². The van der Waals surface area contributed by atoms with Crippen molar-refractivity contribution in [3.63, 3.8) is 0 Å². The van der Waals surface area contributed by atoms with Gasteiger partial charge in [0.2, 0.25) is 11.8 Å². The van der Waals surface area contributed by atoms with Crippen molar-refractivity contribution in [3.8, 4) is 0 Å². The predicted molar refractivity (Wildman–Crippen MR) is 138 cm³/mol. The maximum absolute atomic E-state index is 13.0. The largest absolute Gasteiger partial charge is 0.477 e. The number of carbonyl (C=O) groups is 3. The van der Waals surface area contributed by atoms with Gasteiger partial charge >= 0.3 is 19.5 Å². The molecule has 0 saturated carbocycles. The highest BCUT2D eigenvalue weighted by Gasteiger charge is 2.59. The normalized spacial score (nSPS) is 33.6. The maximum Gasteiger partial charge on any atom is 0.475 e. The Morgan fingerprint density at radius 1 is 1.26 bits per heavy atom. The average Bonchev–Trinajstić information content (AvgIpc) is 3.15. The smallest absolute Gasteiger partial charge is 0.475 e. The van der Waals surface area contributed by atoms with Gasteiger partial charge in [0.25, 0.3) is 5.79 Å². The minimum absolute atomic E-state index is 0.127. The quantitative estimate of drug-likeness (QED) is 0.104. The number of hydrogen-bond acceptors (Lipinski definition) is 15. The van der Waals surface area contributed by atoms with Gasteiger partial charge in [0, 0.05) is 26.5 Å². The van der Waals surface area contributed by atoms with Crippen LogP contribution in [0.3, 0.4) is 0 Å². The first-order valence-electron chi connectivity index (χ1n) is 12.7. The van der Waals surface area contributed by atoms with Gasteiger partial charge in [-0.2, -0.15) is 4.98 Å². The number of carboxylic acid groups (broad SMARTS) is 1. The van der Waals surface area contributed by atoms with Gasteiger partial charge in [-0.1, -0.05) is 0 Å². The zero-order valence-electron chi connectivity index (χ0n) is 23.0. The van der Waals surface area contributed by atoms with Gasteiger partial charge in [0.1, 0.15) is 30.2 Å². The summed E-state index contributed by atoms with van der Waals surface area (Å²) in [6, 6.07) is -1.67. The van der Waals surface area contributed by atoms with Crippen molar-refractivity contribution >= 4 is 31.4 Å². The van der Waals surface area contributed by atoms with Crippen LogP contribution in [0.15, 0.2) is 17.1 Å². The lowest BCUT2D eigenvalue weighted by Gasteiger charge is -2.47. The molecular weight excluding hydrogens is 605 g/mol. The Labute approximate surface area is 242 Å². The number of nitrogen functional groups attached to an aromatic ring is 1. The Morgan fingerprint density at radius 2 is 1.91 bits per heavy atom. The number of carbonyl (C=O) groups excluding carboxylic acids is 2. The van der Waals surface area contributed by atoms with Crippen LogP contribution in [0.2, 0.25) is 0 Å². The first-order chi connectivity index (χ1) is 19.9. The molecule has 0 radical (unpaired) electrons. The van der Waals surface area contributed by atoms with E-state index in [4.69, 9.17) is 24.3 Å². The number of aromatic nitrogens is 2. The summed E-state index contributed by atoms with van der Waals surface area (Å²) in [5.74, 6) is -6.68. The van der Waals surface area contributed by atoms with Crippen molar-refractivity contribution in [1.82, 2.24) is 20.2 Å². The molecule has 2 aliphatic rings. The Kier molecular flexibility index (Phi) is 10.7. The molecule has 1 aromatic rings. The third-order valence-electron chi connectivity index (χ3n) is 6.64. The first kappa shape index (κ1) is 34.5. The summed E-state index contributed by atoms with van der Waals surface area (Å²) in [6.07, 6.45) is -11.5. The second-order valence-electron chi connectivity index (χ2n) is 10.0. The van der Waals surface area contributed by atoms with Crippen LogP contribution in [-0.2, 0) is 37.5 Å². The van der Waals surface area contributed by atoms with E-state index < -0.39 is 105 Å². The van der Waals surface area contributed by atoms with Crippen LogP contribution in [0.4, 0.5) is 5.82 Å². The molecule has 10 N–H and O–H groups in total. The fourth-order valence-electron chi connectivity index (χ4n) is 4.72. The number of aliphatic carboxylic acids is 1. The van der Waals surface area contributed by atoms with Crippen molar-refractivity contribution in [3.05, 3.63) is 22.7 Å². The molecule has 43 heavy (non-hydrogen) atoms. The molecule has 3 heterocycles. The minimum atomic E-state index is -5.49. The van der Waals surface area contributed by atoms with Crippen LogP contribution < -0.4 is 22.1 Å². The van der Waals surface area contributed by atoms with Crippen molar-refractivity contribution in [1.29, 1.82) is 0 Å². The molecule has 2 saturated heterocycles. The number of nitrogens with two attached hydrogens (primary N) is 1. The van der Waals surface area contributed by atoms with Crippen LogP contribution in [-0.4, -0.2) is 119 Å². The highest BCUT2D eigenvalue weighted by molar-refractivity contribution is 7.47. The van der Waals surface area contributed by atoms with Gasteiger partial charge in [0.15, 0.2) is 6.23 Å². The van der Waals surface area contributed by atoms with E-state index in [2.05, 4.69) is 15.6 Å². The number of nitrogens with one attached hydrogen (secondary N) is 2. The molecule has 0 aliphatic carbocycles. The van der Waals surface area contributed by atoms with Crippen molar-refractivity contribution in [2.45, 2.75) is 87.9 Å². The standard InChI is InChI=1S/C22H34N5O15P/c1-8(28)14(24-9(2)29)18-15(25-10(3)30)11(31)6-22(41-18,20(34)35)42-43(37,38)39-7-12-16(32)17(33)19(40-12)27-5-4-13(23)26-21(27)36/h4-5,8,11-12,14-19,28,31-33H,6-7H2,1-3H3,(H,24,29)(H,25,30)(H,34,35)(H,37,38)(H2,23,26,36)/t8?,11-,12+,14+,15-,16+,17+,18-,19+,22+/m0/s1. The van der Waals surface area contributed by atoms with Gasteiger partial charge in [-0.15, -0.1) is 0 Å². The molecule has 11 atom stereocenters. The second kappa shape index (κ2) is 13.3. The van der Waals surface area contributed by atoms with E-state index in [1.165, 1.54) is 13.0 Å². The summed E-state index contributed by atoms with van der Waals surface area (Å²) in [7, 11) is -5.49. The molecule has 2 aliphatic heterocycles. The molecule has 2 unspecified atom stereocenters. The van der Waals surface area contributed by atoms with Gasteiger partial charge in [-0.3, -0.25) is 18.7 Å². The number of nitrogens with zero attached hydrogens (tertiary/aromatic N) is 2. The molecule has 3 rings (SSSR count). The lowest BCUT2D eigenvalue weighted by molar-refractivity contribution is -0.276. The first-order valence-corrected chi connectivity index (χ1v) is 14.2. The molecule has 1 aromatic heterocycles. The number of ether oxygens (including phenoxy) is 2. The number of phosphoric ester groups is 1. The Bertz CT molecular complexity index is 1290. The average molecular weight is 640 g/mol. The molecule has 21 heteroatoms. The summed E-state index contributed by atoms with van der Waals surface area (Å²) in [5.41, 5.74) is 4.49. The molecule has 2 fully saturated rings. The highest BCUT2D eigenvalue weighted by atomic mass is 31.2. The number of hydrogen-bond donors (Lipinski definition) is 9. The fraction of sp³-hybridized carbons (Fsp3) is 0.682. The van der Waals surface area contributed by atoms with E-state index in [0.29, 0.717) is 0 Å². The number of rotatable bonds is 11. The van der Waals surface area contributed by atoms with E-state index in [1.54, 1.807) is 0 Å². The van der Waals surface area contributed by atoms with Gasteiger partial charge < -0.3 is 56.3 Å². The number of phosphoric acid groups is 1. The molecule has 0 bridgehead atoms. The van der Waals surface area contributed by atoms with Crippen molar-refractivity contribution in [2.75, 3.05) is 12.3 Å². The Hall–Kier alpha value is -3.04. The fourth-order valence-corrected chi connectivity index (χ4v) is 5.67. The number of aliphatic hydroxyl groups excluding tert-OH is 4. The predicted octanol–water partition coefficient (Wildman–Crippen LogP) is -4.10. The van der Waals surface area contributed by atoms with E-state index in [1.807, 2.05) is 0 Å². The number of carboxylic acids is 1. The zero-order chi connectivity index (χ0) is 32.4. The number of aliphatic hydroxyl groups is 4.